The summed E-state index contributed by atoms with van der Waals surface area (Å²) in [5.41, 5.74) is 4.14. The Morgan fingerprint density at radius 3 is 2.34 bits per heavy atom. The summed E-state index contributed by atoms with van der Waals surface area (Å²) in [6.45, 7) is 6.34. The quantitative estimate of drug-likeness (QED) is 0.560. The van der Waals surface area contributed by atoms with Crippen LogP contribution in [0.1, 0.15) is 39.3 Å². The van der Waals surface area contributed by atoms with Gasteiger partial charge in [-0.2, -0.15) is 23.5 Å². The molecule has 0 bridgehead atoms. The Kier molecular flexibility index (Phi) is 5.55. The molecular formula is C22H19F3N4. The molecule has 0 saturated heterocycles. The van der Waals surface area contributed by atoms with Crippen LogP contribution >= 0.6 is 0 Å². The van der Waals surface area contributed by atoms with E-state index in [4.69, 9.17) is 0 Å². The molecule has 4 nitrogen and oxygen atoms in total. The van der Waals surface area contributed by atoms with Crippen LogP contribution in [0.2, 0.25) is 0 Å². The highest BCUT2D eigenvalue weighted by Crippen LogP contribution is 2.29. The van der Waals surface area contributed by atoms with E-state index in [9.17, 15) is 18.4 Å². The summed E-state index contributed by atoms with van der Waals surface area (Å²) >= 11 is 0. The number of allylic oxidation sites excluding steroid dienone is 1. The van der Waals surface area contributed by atoms with Crippen molar-refractivity contribution in [3.8, 4) is 6.07 Å². The van der Waals surface area contributed by atoms with E-state index in [2.05, 4.69) is 10.1 Å². The molecule has 0 aliphatic heterocycles. The van der Waals surface area contributed by atoms with Crippen LogP contribution < -0.4 is 0 Å². The van der Waals surface area contributed by atoms with Crippen LogP contribution in [-0.4, -0.2) is 14.8 Å². The molecular weight excluding hydrogens is 377 g/mol. The molecule has 7 heteroatoms. The number of rotatable bonds is 4. The second kappa shape index (κ2) is 7.92. The molecule has 2 aromatic heterocycles. The van der Waals surface area contributed by atoms with Gasteiger partial charge in [-0.25, -0.2) is 0 Å². The lowest BCUT2D eigenvalue weighted by Crippen LogP contribution is -2.05. The fourth-order valence-electron chi connectivity index (χ4n) is 2.97. The van der Waals surface area contributed by atoms with E-state index in [1.165, 1.54) is 11.6 Å². The van der Waals surface area contributed by atoms with Crippen LogP contribution in [0.5, 0.6) is 0 Å². The van der Waals surface area contributed by atoms with E-state index in [1.54, 1.807) is 6.08 Å². The summed E-state index contributed by atoms with van der Waals surface area (Å²) in [6.07, 6.45) is -2.10. The molecule has 0 spiro atoms. The van der Waals surface area contributed by atoms with Crippen LogP contribution in [0.25, 0.3) is 11.6 Å². The smallest absolute Gasteiger partial charge is 0.265 e. The molecule has 1 aromatic carbocycles. The summed E-state index contributed by atoms with van der Waals surface area (Å²) in [5.74, 6) is 0. The average molecular weight is 396 g/mol. The van der Waals surface area contributed by atoms with Crippen LogP contribution in [0.3, 0.4) is 0 Å². The van der Waals surface area contributed by atoms with Gasteiger partial charge in [0.25, 0.3) is 0 Å². The third-order valence-corrected chi connectivity index (χ3v) is 4.67. The van der Waals surface area contributed by atoms with Gasteiger partial charge in [-0.15, -0.1) is 0 Å². The molecule has 0 aliphatic carbocycles. The highest BCUT2D eigenvalue weighted by atomic mass is 19.4. The van der Waals surface area contributed by atoms with Crippen molar-refractivity contribution >= 4 is 11.6 Å². The number of hydrogen-bond donors (Lipinski definition) is 0. The van der Waals surface area contributed by atoms with Gasteiger partial charge in [0.15, 0.2) is 0 Å². The summed E-state index contributed by atoms with van der Waals surface area (Å²) in [6, 6.07) is 12.3. The lowest BCUT2D eigenvalue weighted by molar-refractivity contribution is -0.137. The molecule has 0 amide bonds. The maximum Gasteiger partial charge on any atom is 0.417 e. The van der Waals surface area contributed by atoms with Crippen molar-refractivity contribution in [1.29, 1.82) is 5.26 Å². The van der Waals surface area contributed by atoms with E-state index in [0.29, 0.717) is 6.54 Å². The number of alkyl halides is 3. The van der Waals surface area contributed by atoms with Gasteiger partial charge in [-0.05, 0) is 44.5 Å². The zero-order chi connectivity index (χ0) is 21.2. The number of aromatic nitrogens is 3. The van der Waals surface area contributed by atoms with E-state index >= 15 is 0 Å². The maximum atomic E-state index is 12.7. The molecule has 2 heterocycles. The van der Waals surface area contributed by atoms with Gasteiger partial charge in [0, 0.05) is 17.5 Å². The molecule has 3 aromatic rings. The molecule has 0 fully saturated rings. The normalized spacial score (nSPS) is 12.1. The molecule has 0 saturated carbocycles. The van der Waals surface area contributed by atoms with Crippen LogP contribution in [0.15, 0.2) is 42.6 Å². The van der Waals surface area contributed by atoms with Crippen molar-refractivity contribution in [3.63, 3.8) is 0 Å². The summed E-state index contributed by atoms with van der Waals surface area (Å²) in [7, 11) is 0. The number of aryl methyl sites for hydroxylation is 2. The predicted octanol–water partition coefficient (Wildman–Crippen LogP) is 5.33. The number of hydrogen-bond acceptors (Lipinski definition) is 3. The monoisotopic (exact) mass is 396 g/mol. The number of benzene rings is 1. The van der Waals surface area contributed by atoms with Crippen molar-refractivity contribution in [2.24, 2.45) is 0 Å². The first-order chi connectivity index (χ1) is 13.7. The lowest BCUT2D eigenvalue weighted by atomic mass is 10.1. The average Bonchev–Trinajstić information content (AvgIpc) is 2.94. The fourth-order valence-corrected chi connectivity index (χ4v) is 2.97. The third-order valence-electron chi connectivity index (χ3n) is 4.67. The molecule has 0 aliphatic rings. The van der Waals surface area contributed by atoms with E-state index < -0.39 is 11.7 Å². The molecule has 148 valence electrons. The topological polar surface area (TPSA) is 54.5 Å². The van der Waals surface area contributed by atoms with Crippen molar-refractivity contribution in [2.45, 2.75) is 33.5 Å². The van der Waals surface area contributed by atoms with Gasteiger partial charge >= 0.3 is 6.18 Å². The first kappa shape index (κ1) is 20.3. The minimum Gasteiger partial charge on any atom is -0.265 e. The van der Waals surface area contributed by atoms with Crippen molar-refractivity contribution in [3.05, 3.63) is 81.9 Å². The van der Waals surface area contributed by atoms with E-state index in [1.807, 2.05) is 55.8 Å². The third kappa shape index (κ3) is 4.54. The fraction of sp³-hybridized carbons (Fsp3) is 0.227. The Bertz CT molecular complexity index is 1080. The summed E-state index contributed by atoms with van der Waals surface area (Å²) in [4.78, 5) is 3.82. The number of nitrogens with zero attached hydrogens (tertiary/aromatic N) is 4. The van der Waals surface area contributed by atoms with Gasteiger partial charge in [0.2, 0.25) is 0 Å². The van der Waals surface area contributed by atoms with Crippen molar-refractivity contribution < 1.29 is 13.2 Å². The Hall–Kier alpha value is -3.40. The molecule has 0 atom stereocenters. The first-order valence-electron chi connectivity index (χ1n) is 8.94. The Morgan fingerprint density at radius 1 is 1.10 bits per heavy atom. The number of pyridine rings is 1. The van der Waals surface area contributed by atoms with Gasteiger partial charge in [-0.1, -0.05) is 29.8 Å². The summed E-state index contributed by atoms with van der Waals surface area (Å²) in [5, 5.41) is 14.1. The lowest BCUT2D eigenvalue weighted by Gasteiger charge is -2.07. The Labute approximate surface area is 166 Å². The zero-order valence-electron chi connectivity index (χ0n) is 16.2. The zero-order valence-corrected chi connectivity index (χ0v) is 16.2. The summed E-state index contributed by atoms with van der Waals surface area (Å²) < 4.78 is 40.0. The molecule has 0 N–H and O–H groups in total. The molecule has 3 rings (SSSR count). The van der Waals surface area contributed by atoms with E-state index in [0.717, 1.165) is 34.8 Å². The maximum absolute atomic E-state index is 12.7. The predicted molar refractivity (Wildman–Crippen MR) is 105 cm³/mol. The molecule has 0 radical (unpaired) electrons. The second-order valence-electron chi connectivity index (χ2n) is 6.83. The minimum atomic E-state index is -4.47. The van der Waals surface area contributed by atoms with Gasteiger partial charge in [0.1, 0.15) is 6.07 Å². The molecule has 29 heavy (non-hydrogen) atoms. The molecule has 0 unspecified atom stereocenters. The Balaban J connectivity index is 1.93. The van der Waals surface area contributed by atoms with Crippen molar-refractivity contribution in [1.82, 2.24) is 14.8 Å². The van der Waals surface area contributed by atoms with Crippen LogP contribution in [-0.2, 0) is 12.7 Å². The van der Waals surface area contributed by atoms with Gasteiger partial charge in [-0.3, -0.25) is 9.67 Å². The van der Waals surface area contributed by atoms with E-state index in [-0.39, 0.29) is 11.3 Å². The standard InChI is InChI=1S/C22H19F3N4/c1-14-4-6-17(7-5-14)13-29-16(3)20(15(2)28-29)10-18(11-26)21-9-8-19(12-27-21)22(23,24)25/h4-10,12H,13H2,1-3H3/b18-10+. The largest absolute Gasteiger partial charge is 0.417 e. The highest BCUT2D eigenvalue weighted by molar-refractivity contribution is 5.89. The first-order valence-corrected chi connectivity index (χ1v) is 8.94. The minimum absolute atomic E-state index is 0.180. The number of nitriles is 1. The Morgan fingerprint density at radius 2 is 1.79 bits per heavy atom. The second-order valence-corrected chi connectivity index (χ2v) is 6.83. The SMILES string of the molecule is Cc1ccc(Cn2nc(C)c(/C=C(\C#N)c3ccc(C(F)(F)F)cn3)c2C)cc1. The van der Waals surface area contributed by atoms with Gasteiger partial charge < -0.3 is 0 Å². The van der Waals surface area contributed by atoms with Gasteiger partial charge in [0.05, 0.1) is 29.1 Å². The number of halogens is 3. The van der Waals surface area contributed by atoms with Crippen LogP contribution in [0, 0.1) is 32.1 Å². The van der Waals surface area contributed by atoms with Crippen molar-refractivity contribution in [2.75, 3.05) is 0 Å². The highest BCUT2D eigenvalue weighted by Gasteiger charge is 2.30. The van der Waals surface area contributed by atoms with Crippen LogP contribution in [0.4, 0.5) is 13.2 Å².